The summed E-state index contributed by atoms with van der Waals surface area (Å²) < 4.78 is 0. The minimum atomic E-state index is 0.0723. The first-order chi connectivity index (χ1) is 15.8. The van der Waals surface area contributed by atoms with Crippen molar-refractivity contribution >= 4 is 11.8 Å². The third-order valence-corrected chi connectivity index (χ3v) is 10.8. The fraction of sp³-hybridized carbons (Fsp3) is 0.655. The number of nitrogens with one attached hydrogen (secondary N) is 1. The van der Waals surface area contributed by atoms with E-state index < -0.39 is 0 Å². The maximum Gasteiger partial charge on any atom is 0.246 e. The molecule has 0 bridgehead atoms. The molecule has 3 fully saturated rings. The standard InChI is InChI=1S/C29H38N2O2/c1-28-14-12-23-21(8-11-25-29(23,2)15-13-26(32)31(25)3)22(28)9-10-24(28)27(33)30-20-16-18-6-4-5-7-19(18)17-20/h4-7,13,15,20-25H,8-12,14,16-17H2,1-3H3,(H,30,33)/t21-,22-,23+,24?,25?,28-,29+/m0/s1. The summed E-state index contributed by atoms with van der Waals surface area (Å²) in [5, 5.41) is 3.47. The Morgan fingerprint density at radius 3 is 2.45 bits per heavy atom. The van der Waals surface area contributed by atoms with Crippen LogP contribution in [0.3, 0.4) is 0 Å². The predicted octanol–water partition coefficient (Wildman–Crippen LogP) is 4.53. The maximum absolute atomic E-state index is 13.6. The first kappa shape index (κ1) is 21.4. The van der Waals surface area contributed by atoms with Gasteiger partial charge in [0.05, 0.1) is 0 Å². The van der Waals surface area contributed by atoms with Crippen LogP contribution < -0.4 is 5.32 Å². The highest BCUT2D eigenvalue weighted by Crippen LogP contribution is 2.65. The molecule has 1 heterocycles. The van der Waals surface area contributed by atoms with Crippen LogP contribution >= 0.6 is 0 Å². The van der Waals surface area contributed by atoms with Crippen LogP contribution in [-0.4, -0.2) is 35.8 Å². The van der Waals surface area contributed by atoms with E-state index in [2.05, 4.69) is 49.5 Å². The van der Waals surface area contributed by atoms with Crippen LogP contribution in [0.5, 0.6) is 0 Å². The summed E-state index contributed by atoms with van der Waals surface area (Å²) >= 11 is 0. The van der Waals surface area contributed by atoms with Gasteiger partial charge in [0, 0.05) is 30.5 Å². The number of amides is 2. The number of carbonyl (C=O) groups excluding carboxylic acids is 2. The van der Waals surface area contributed by atoms with Gasteiger partial charge in [-0.3, -0.25) is 9.59 Å². The summed E-state index contributed by atoms with van der Waals surface area (Å²) in [5.41, 5.74) is 2.98. The highest BCUT2D eigenvalue weighted by Gasteiger charge is 2.61. The van der Waals surface area contributed by atoms with Gasteiger partial charge in [-0.25, -0.2) is 0 Å². The number of hydrogen-bond acceptors (Lipinski definition) is 2. The Bertz CT molecular complexity index is 992. The fourth-order valence-electron chi connectivity index (χ4n) is 9.13. The van der Waals surface area contributed by atoms with Crippen molar-refractivity contribution in [3.05, 3.63) is 47.5 Å². The molecule has 4 aliphatic carbocycles. The van der Waals surface area contributed by atoms with Gasteiger partial charge in [0.15, 0.2) is 0 Å². The van der Waals surface area contributed by atoms with Gasteiger partial charge in [-0.05, 0) is 91.7 Å². The first-order valence-corrected chi connectivity index (χ1v) is 13.1. The van der Waals surface area contributed by atoms with Crippen LogP contribution in [0.1, 0.15) is 63.5 Å². The summed E-state index contributed by atoms with van der Waals surface area (Å²) in [5.74, 6) is 2.52. The van der Waals surface area contributed by atoms with Crippen molar-refractivity contribution in [2.45, 2.75) is 77.3 Å². The van der Waals surface area contributed by atoms with E-state index in [0.717, 1.165) is 32.1 Å². The Labute approximate surface area is 198 Å². The number of fused-ring (bicyclic) bond motifs is 6. The SMILES string of the molecule is CN1C(=O)C=C[C@@]2(C)C1CC[C@@H]1[C@H]2CC[C@]2(C)C(C(=O)NC3Cc4ccccc4C3)CC[C@@H]12. The Hall–Kier alpha value is -2.10. The number of nitrogens with zero attached hydrogens (tertiary/aromatic N) is 1. The molecule has 1 aromatic carbocycles. The molecule has 7 atom stereocenters. The third-order valence-electron chi connectivity index (χ3n) is 10.8. The van der Waals surface area contributed by atoms with Gasteiger partial charge in [0.1, 0.15) is 0 Å². The maximum atomic E-state index is 13.6. The van der Waals surface area contributed by atoms with Crippen LogP contribution in [-0.2, 0) is 22.4 Å². The van der Waals surface area contributed by atoms with Crippen LogP contribution in [0.2, 0.25) is 0 Å². The summed E-state index contributed by atoms with van der Waals surface area (Å²) in [6.45, 7) is 4.82. The monoisotopic (exact) mass is 446 g/mol. The number of likely N-dealkylation sites (N-methyl/N-ethyl adjacent to an activating group) is 1. The zero-order valence-electron chi connectivity index (χ0n) is 20.3. The lowest BCUT2D eigenvalue weighted by Crippen LogP contribution is -2.60. The normalized spacial score (nSPS) is 41.8. The average Bonchev–Trinajstić information content (AvgIpc) is 3.36. The van der Waals surface area contributed by atoms with Crippen molar-refractivity contribution in [3.8, 4) is 0 Å². The average molecular weight is 447 g/mol. The fourth-order valence-corrected chi connectivity index (χ4v) is 9.13. The number of rotatable bonds is 2. The second-order valence-electron chi connectivity index (χ2n) is 12.2. The van der Waals surface area contributed by atoms with Crippen molar-refractivity contribution in [1.29, 1.82) is 0 Å². The van der Waals surface area contributed by atoms with Crippen molar-refractivity contribution in [3.63, 3.8) is 0 Å². The molecule has 176 valence electrons. The molecule has 0 aromatic heterocycles. The molecule has 0 radical (unpaired) electrons. The van der Waals surface area contributed by atoms with Crippen LogP contribution in [0, 0.1) is 34.5 Å². The summed E-state index contributed by atoms with van der Waals surface area (Å²) in [7, 11) is 1.99. The van der Waals surface area contributed by atoms with Crippen LogP contribution in [0.15, 0.2) is 36.4 Å². The van der Waals surface area contributed by atoms with Crippen molar-refractivity contribution in [2.24, 2.45) is 34.5 Å². The molecule has 1 N–H and O–H groups in total. The topological polar surface area (TPSA) is 49.4 Å². The van der Waals surface area contributed by atoms with Gasteiger partial charge >= 0.3 is 0 Å². The Morgan fingerprint density at radius 1 is 1.00 bits per heavy atom. The number of benzene rings is 1. The van der Waals surface area contributed by atoms with E-state index in [1.807, 2.05) is 18.0 Å². The molecule has 0 spiro atoms. The van der Waals surface area contributed by atoms with Crippen LogP contribution in [0.25, 0.3) is 0 Å². The molecule has 4 nitrogen and oxygen atoms in total. The largest absolute Gasteiger partial charge is 0.352 e. The molecule has 5 aliphatic rings. The lowest BCUT2D eigenvalue weighted by atomic mass is 9.47. The molecular formula is C29H38N2O2. The van der Waals surface area contributed by atoms with Gasteiger partial charge in [-0.2, -0.15) is 0 Å². The molecule has 3 saturated carbocycles. The van der Waals surface area contributed by atoms with Crippen LogP contribution in [0.4, 0.5) is 0 Å². The van der Waals surface area contributed by atoms with Gasteiger partial charge in [0.25, 0.3) is 0 Å². The molecule has 2 unspecified atom stereocenters. The van der Waals surface area contributed by atoms with Crippen molar-refractivity contribution < 1.29 is 9.59 Å². The lowest BCUT2D eigenvalue weighted by molar-refractivity contribution is -0.142. The molecule has 6 rings (SSSR count). The van der Waals surface area contributed by atoms with E-state index >= 15 is 0 Å². The quantitative estimate of drug-likeness (QED) is 0.726. The number of carbonyl (C=O) groups is 2. The zero-order chi connectivity index (χ0) is 23.0. The Kier molecular flexibility index (Phi) is 4.84. The molecule has 4 heteroatoms. The molecule has 33 heavy (non-hydrogen) atoms. The smallest absolute Gasteiger partial charge is 0.246 e. The van der Waals surface area contributed by atoms with E-state index in [0.29, 0.717) is 29.7 Å². The van der Waals surface area contributed by atoms with Gasteiger partial charge < -0.3 is 10.2 Å². The Morgan fingerprint density at radius 2 is 1.73 bits per heavy atom. The first-order valence-electron chi connectivity index (χ1n) is 13.1. The Balaban J connectivity index is 1.19. The molecule has 2 amide bonds. The van der Waals surface area contributed by atoms with E-state index in [1.165, 1.54) is 30.4 Å². The summed E-state index contributed by atoms with van der Waals surface area (Å²) in [4.78, 5) is 27.9. The van der Waals surface area contributed by atoms with Gasteiger partial charge in [-0.1, -0.05) is 44.2 Å². The van der Waals surface area contributed by atoms with E-state index in [9.17, 15) is 9.59 Å². The summed E-state index contributed by atoms with van der Waals surface area (Å²) in [6, 6.07) is 9.20. The van der Waals surface area contributed by atoms with Crippen molar-refractivity contribution in [2.75, 3.05) is 7.05 Å². The third kappa shape index (κ3) is 3.08. The lowest BCUT2D eigenvalue weighted by Gasteiger charge is -2.60. The van der Waals surface area contributed by atoms with E-state index in [1.54, 1.807) is 0 Å². The molecule has 1 aliphatic heterocycles. The van der Waals surface area contributed by atoms with Crippen molar-refractivity contribution in [1.82, 2.24) is 10.2 Å². The zero-order valence-corrected chi connectivity index (χ0v) is 20.3. The summed E-state index contributed by atoms with van der Waals surface area (Å²) in [6.07, 6.45) is 12.8. The second-order valence-corrected chi connectivity index (χ2v) is 12.2. The minimum Gasteiger partial charge on any atom is -0.352 e. The minimum absolute atomic E-state index is 0.0723. The second kappa shape index (κ2) is 7.45. The predicted molar refractivity (Wildman–Crippen MR) is 129 cm³/mol. The number of hydrogen-bond donors (Lipinski definition) is 1. The molecular weight excluding hydrogens is 408 g/mol. The van der Waals surface area contributed by atoms with Gasteiger partial charge in [0.2, 0.25) is 11.8 Å². The molecule has 0 saturated heterocycles. The van der Waals surface area contributed by atoms with Gasteiger partial charge in [-0.15, -0.1) is 0 Å². The van der Waals surface area contributed by atoms with E-state index in [4.69, 9.17) is 0 Å². The van der Waals surface area contributed by atoms with E-state index in [-0.39, 0.29) is 28.7 Å². The highest BCUT2D eigenvalue weighted by molar-refractivity contribution is 5.89. The molecule has 1 aromatic rings. The highest BCUT2D eigenvalue weighted by atomic mass is 16.2.